The Balaban J connectivity index is 1.35. The number of nitrogens with one attached hydrogen (secondary N) is 2. The van der Waals surface area contributed by atoms with Crippen LogP contribution in [0.15, 0.2) is 24.3 Å². The van der Waals surface area contributed by atoms with Crippen molar-refractivity contribution >= 4 is 46.3 Å². The van der Waals surface area contributed by atoms with E-state index in [-0.39, 0.29) is 33.8 Å². The zero-order valence-corrected chi connectivity index (χ0v) is 19.3. The number of halogens is 1. The van der Waals surface area contributed by atoms with E-state index in [1.807, 2.05) is 0 Å². The molecular weight excluding hydrogens is 450 g/mol. The number of carbonyl (C=O) groups excluding carboxylic acids is 3. The van der Waals surface area contributed by atoms with Crippen molar-refractivity contribution in [3.05, 3.63) is 39.3 Å². The molecule has 1 saturated heterocycles. The molecule has 3 amide bonds. The third-order valence-electron chi connectivity index (χ3n) is 5.92. The minimum atomic E-state index is -0.452. The second-order valence-electron chi connectivity index (χ2n) is 8.31. The summed E-state index contributed by atoms with van der Waals surface area (Å²) in [6, 6.07) is 7.03. The van der Waals surface area contributed by atoms with Gasteiger partial charge in [-0.25, -0.2) is 0 Å². The van der Waals surface area contributed by atoms with Gasteiger partial charge < -0.3 is 15.5 Å². The van der Waals surface area contributed by atoms with E-state index in [1.54, 1.807) is 29.2 Å². The number of aromatic nitrogens is 2. The third kappa shape index (κ3) is 5.63. The monoisotopic (exact) mass is 475 g/mol. The number of rotatable bonds is 5. The molecule has 2 N–H and O–H groups in total. The van der Waals surface area contributed by atoms with E-state index in [0.717, 1.165) is 49.9 Å². The van der Waals surface area contributed by atoms with Crippen molar-refractivity contribution < 1.29 is 14.4 Å². The molecule has 2 fully saturated rings. The summed E-state index contributed by atoms with van der Waals surface area (Å²) in [5.74, 6) is -0.923. The van der Waals surface area contributed by atoms with Crippen LogP contribution in [0.3, 0.4) is 0 Å². The first kappa shape index (κ1) is 22.7. The van der Waals surface area contributed by atoms with Gasteiger partial charge in [-0.3, -0.25) is 14.4 Å². The summed E-state index contributed by atoms with van der Waals surface area (Å²) >= 11 is 6.88. The highest BCUT2D eigenvalue weighted by Gasteiger charge is 2.32. The van der Waals surface area contributed by atoms with E-state index in [0.29, 0.717) is 23.8 Å². The summed E-state index contributed by atoms with van der Waals surface area (Å²) < 4.78 is 0. The Kier molecular flexibility index (Phi) is 7.36. The highest BCUT2D eigenvalue weighted by Crippen LogP contribution is 2.23. The fourth-order valence-electron chi connectivity index (χ4n) is 4.23. The van der Waals surface area contributed by atoms with Crippen molar-refractivity contribution in [1.29, 1.82) is 0 Å². The fourth-order valence-corrected chi connectivity index (χ4v) is 5.13. The van der Waals surface area contributed by atoms with E-state index in [2.05, 4.69) is 20.8 Å². The van der Waals surface area contributed by atoms with Crippen LogP contribution >= 0.6 is 22.9 Å². The van der Waals surface area contributed by atoms with Crippen LogP contribution in [-0.4, -0.2) is 52.0 Å². The largest absolute Gasteiger partial charge is 0.353 e. The average molecular weight is 476 g/mol. The predicted octanol–water partition coefficient (Wildman–Crippen LogP) is 3.74. The summed E-state index contributed by atoms with van der Waals surface area (Å²) in [5, 5.41) is 14.4. The van der Waals surface area contributed by atoms with Crippen LogP contribution in [0.25, 0.3) is 0 Å². The number of hydrogen-bond acceptors (Lipinski definition) is 6. The summed E-state index contributed by atoms with van der Waals surface area (Å²) in [6.45, 7) is 0.927. The summed E-state index contributed by atoms with van der Waals surface area (Å²) in [4.78, 5) is 39.8. The molecule has 32 heavy (non-hydrogen) atoms. The molecule has 8 nitrogen and oxygen atoms in total. The molecule has 0 unspecified atom stereocenters. The van der Waals surface area contributed by atoms with E-state index in [4.69, 9.17) is 11.6 Å². The number of carbonyl (C=O) groups is 3. The SMILES string of the molecule is O=C(Nc1cccc(Cl)c1)c1nnc(C(=O)N2CCC[C@H](C(=O)NC3CCCCC3)C2)s1. The van der Waals surface area contributed by atoms with Crippen molar-refractivity contribution in [1.82, 2.24) is 20.4 Å². The van der Waals surface area contributed by atoms with Crippen molar-refractivity contribution in [2.45, 2.75) is 51.0 Å². The minimum Gasteiger partial charge on any atom is -0.353 e. The third-order valence-corrected chi connectivity index (χ3v) is 7.06. The number of anilines is 1. The van der Waals surface area contributed by atoms with Gasteiger partial charge in [-0.2, -0.15) is 0 Å². The van der Waals surface area contributed by atoms with Gasteiger partial charge in [0.05, 0.1) is 5.92 Å². The lowest BCUT2D eigenvalue weighted by molar-refractivity contribution is -0.127. The molecule has 2 heterocycles. The lowest BCUT2D eigenvalue weighted by Crippen LogP contribution is -2.47. The van der Waals surface area contributed by atoms with E-state index >= 15 is 0 Å². The molecular formula is C22H26ClN5O3S. The second kappa shape index (κ2) is 10.4. The van der Waals surface area contributed by atoms with E-state index in [9.17, 15) is 14.4 Å². The molecule has 1 aromatic heterocycles. The second-order valence-corrected chi connectivity index (χ2v) is 9.72. The molecule has 0 radical (unpaired) electrons. The summed E-state index contributed by atoms with van der Waals surface area (Å²) in [7, 11) is 0. The molecule has 1 aliphatic carbocycles. The van der Waals surface area contributed by atoms with Gasteiger partial charge in [0.25, 0.3) is 11.8 Å². The highest BCUT2D eigenvalue weighted by atomic mass is 35.5. The average Bonchev–Trinajstić information content (AvgIpc) is 3.30. The van der Waals surface area contributed by atoms with Gasteiger partial charge in [-0.15, -0.1) is 10.2 Å². The highest BCUT2D eigenvalue weighted by molar-refractivity contribution is 7.15. The maximum atomic E-state index is 12.9. The van der Waals surface area contributed by atoms with Gasteiger partial charge in [-0.05, 0) is 43.9 Å². The quantitative estimate of drug-likeness (QED) is 0.685. The molecule has 1 aromatic carbocycles. The van der Waals surface area contributed by atoms with Crippen LogP contribution in [0.1, 0.15) is 64.6 Å². The fraction of sp³-hybridized carbons (Fsp3) is 0.500. The lowest BCUT2D eigenvalue weighted by atomic mass is 9.93. The normalized spacial score (nSPS) is 19.4. The van der Waals surface area contributed by atoms with Gasteiger partial charge in [0.15, 0.2) is 0 Å². The number of benzene rings is 1. The Morgan fingerprint density at radius 2 is 1.81 bits per heavy atom. The topological polar surface area (TPSA) is 104 Å². The van der Waals surface area contributed by atoms with Crippen LogP contribution in [0.4, 0.5) is 5.69 Å². The number of nitrogens with zero attached hydrogens (tertiary/aromatic N) is 3. The lowest BCUT2D eigenvalue weighted by Gasteiger charge is -2.33. The van der Waals surface area contributed by atoms with Gasteiger partial charge in [0, 0.05) is 29.8 Å². The van der Waals surface area contributed by atoms with Crippen LogP contribution in [0, 0.1) is 5.92 Å². The van der Waals surface area contributed by atoms with Crippen molar-refractivity contribution in [2.75, 3.05) is 18.4 Å². The molecule has 0 spiro atoms. The smallest absolute Gasteiger partial charge is 0.286 e. The Morgan fingerprint density at radius 3 is 2.59 bits per heavy atom. The van der Waals surface area contributed by atoms with Crippen molar-refractivity contribution in [2.24, 2.45) is 5.92 Å². The van der Waals surface area contributed by atoms with Gasteiger partial charge in [-0.1, -0.05) is 48.3 Å². The van der Waals surface area contributed by atoms with Gasteiger partial charge >= 0.3 is 0 Å². The molecule has 1 atom stereocenters. The zero-order chi connectivity index (χ0) is 22.5. The minimum absolute atomic E-state index is 0.0354. The molecule has 2 aromatic rings. The van der Waals surface area contributed by atoms with Crippen LogP contribution < -0.4 is 10.6 Å². The predicted molar refractivity (Wildman–Crippen MR) is 123 cm³/mol. The number of piperidine rings is 1. The maximum absolute atomic E-state index is 12.9. The Morgan fingerprint density at radius 1 is 1.03 bits per heavy atom. The maximum Gasteiger partial charge on any atom is 0.286 e. The summed E-state index contributed by atoms with van der Waals surface area (Å²) in [6.07, 6.45) is 7.15. The van der Waals surface area contributed by atoms with Crippen LogP contribution in [0.2, 0.25) is 5.02 Å². The van der Waals surface area contributed by atoms with E-state index in [1.165, 1.54) is 6.42 Å². The first-order valence-corrected chi connectivity index (χ1v) is 12.2. The molecule has 170 valence electrons. The molecule has 10 heteroatoms. The number of amides is 3. The first-order valence-electron chi connectivity index (χ1n) is 11.0. The van der Waals surface area contributed by atoms with Gasteiger partial charge in [0.2, 0.25) is 15.9 Å². The molecule has 1 aliphatic heterocycles. The Labute approximate surface area is 195 Å². The number of likely N-dealkylation sites (tertiary alicyclic amines) is 1. The molecule has 2 aliphatic rings. The zero-order valence-electron chi connectivity index (χ0n) is 17.7. The molecule has 4 rings (SSSR count). The first-order chi connectivity index (χ1) is 15.5. The standard InChI is InChI=1S/C22H26ClN5O3S/c23-15-7-4-10-17(12-15)25-19(30)20-26-27-21(32-20)22(31)28-11-5-6-14(13-28)18(29)24-16-8-2-1-3-9-16/h4,7,10,12,14,16H,1-3,5-6,8-9,11,13H2,(H,24,29)(H,25,30)/t14-/m0/s1. The molecule has 0 bridgehead atoms. The van der Waals surface area contributed by atoms with Gasteiger partial charge in [0.1, 0.15) is 0 Å². The Bertz CT molecular complexity index is 991. The van der Waals surface area contributed by atoms with E-state index < -0.39 is 5.91 Å². The van der Waals surface area contributed by atoms with Crippen molar-refractivity contribution in [3.63, 3.8) is 0 Å². The summed E-state index contributed by atoms with van der Waals surface area (Å²) in [5.41, 5.74) is 0.536. The molecule has 1 saturated carbocycles. The van der Waals surface area contributed by atoms with Crippen LogP contribution in [-0.2, 0) is 4.79 Å². The Hall–Kier alpha value is -2.52. The van der Waals surface area contributed by atoms with Crippen molar-refractivity contribution in [3.8, 4) is 0 Å². The van der Waals surface area contributed by atoms with Crippen LogP contribution in [0.5, 0.6) is 0 Å². The number of hydrogen-bond donors (Lipinski definition) is 2.